The Bertz CT molecular complexity index is 1270. The number of ether oxygens (including phenoxy) is 1. The molecule has 0 radical (unpaired) electrons. The van der Waals surface area contributed by atoms with Gasteiger partial charge in [-0.15, -0.1) is 0 Å². The summed E-state index contributed by atoms with van der Waals surface area (Å²) in [6.07, 6.45) is 2.18. The predicted octanol–water partition coefficient (Wildman–Crippen LogP) is 6.40. The van der Waals surface area contributed by atoms with Gasteiger partial charge in [-0.1, -0.05) is 29.3 Å². The van der Waals surface area contributed by atoms with Crippen molar-refractivity contribution < 1.29 is 22.7 Å². The minimum absolute atomic E-state index is 0.0160. The maximum Gasteiger partial charge on any atom is 0.417 e. The van der Waals surface area contributed by atoms with Crippen LogP contribution in [0.25, 0.3) is 0 Å². The van der Waals surface area contributed by atoms with Crippen LogP contribution in [0, 0.1) is 5.92 Å². The molecule has 3 heterocycles. The van der Waals surface area contributed by atoms with Crippen LogP contribution in [0.5, 0.6) is 5.88 Å². The first kappa shape index (κ1) is 25.7. The molecule has 0 unspecified atom stereocenters. The quantitative estimate of drug-likeness (QED) is 0.340. The molecule has 2 atom stereocenters. The van der Waals surface area contributed by atoms with E-state index in [0.717, 1.165) is 36.5 Å². The molecule has 1 aromatic carbocycles. The topological polar surface area (TPSA) is 68.2 Å². The lowest BCUT2D eigenvalue weighted by Gasteiger charge is -2.19. The first-order chi connectivity index (χ1) is 17.7. The van der Waals surface area contributed by atoms with Crippen LogP contribution in [-0.2, 0) is 6.18 Å². The Morgan fingerprint density at radius 2 is 1.76 bits per heavy atom. The number of nitrogens with zero attached hydrogens (tertiary/aromatic N) is 4. The number of halogens is 5. The third-order valence-electron chi connectivity index (χ3n) is 6.76. The van der Waals surface area contributed by atoms with Crippen LogP contribution in [0.2, 0.25) is 10.0 Å². The van der Waals surface area contributed by atoms with Crippen molar-refractivity contribution in [1.82, 2.24) is 19.9 Å². The van der Waals surface area contributed by atoms with Crippen LogP contribution in [0.4, 0.5) is 13.2 Å². The van der Waals surface area contributed by atoms with Gasteiger partial charge < -0.3 is 9.64 Å². The summed E-state index contributed by atoms with van der Waals surface area (Å²) in [5, 5.41) is 0.870. The Hall–Kier alpha value is -2.91. The van der Waals surface area contributed by atoms with E-state index >= 15 is 0 Å². The minimum Gasteiger partial charge on any atom is -0.478 e. The number of aromatic nitrogens is 3. The normalized spacial score (nSPS) is 19.8. The second kappa shape index (κ2) is 10.5. The predicted molar refractivity (Wildman–Crippen MR) is 132 cm³/mol. The van der Waals surface area contributed by atoms with E-state index in [-0.39, 0.29) is 30.2 Å². The van der Waals surface area contributed by atoms with Gasteiger partial charge in [0.05, 0.1) is 27.8 Å². The van der Waals surface area contributed by atoms with Gasteiger partial charge in [0.2, 0.25) is 5.88 Å². The maximum atomic E-state index is 13.3. The fraction of sp³-hybridized carbons (Fsp3) is 0.385. The standard InChI is InChI=1S/C26H23Cl2F3N4O2/c27-21-5-3-16(9-22(21)28)20-14-35(25(36)18-10-33-24(34-11-18)15-1-2-15)13-17(20)7-8-37-23-6-4-19(12-32-23)26(29,30)31/h3-6,9-12,15,17,20H,1-2,7-8,13-14H2/t17-,20-/m1/s1. The highest BCUT2D eigenvalue weighted by Crippen LogP contribution is 2.39. The molecule has 3 aromatic rings. The lowest BCUT2D eigenvalue weighted by molar-refractivity contribution is -0.137. The highest BCUT2D eigenvalue weighted by atomic mass is 35.5. The average Bonchev–Trinajstić information content (AvgIpc) is 3.65. The molecule has 1 saturated heterocycles. The average molecular weight is 551 g/mol. The van der Waals surface area contributed by atoms with Crippen molar-refractivity contribution in [2.75, 3.05) is 19.7 Å². The molecule has 0 N–H and O–H groups in total. The molecule has 11 heteroatoms. The summed E-state index contributed by atoms with van der Waals surface area (Å²) in [5.74, 6) is 1.12. The third kappa shape index (κ3) is 5.99. The Kier molecular flexibility index (Phi) is 7.27. The summed E-state index contributed by atoms with van der Waals surface area (Å²) < 4.78 is 44.0. The molecule has 2 fully saturated rings. The summed E-state index contributed by atoms with van der Waals surface area (Å²) in [5.41, 5.74) is 0.546. The van der Waals surface area contributed by atoms with E-state index < -0.39 is 11.7 Å². The largest absolute Gasteiger partial charge is 0.478 e. The van der Waals surface area contributed by atoms with Crippen LogP contribution in [0.1, 0.15) is 58.4 Å². The lowest BCUT2D eigenvalue weighted by atomic mass is 9.87. The van der Waals surface area contributed by atoms with Crippen LogP contribution >= 0.6 is 23.2 Å². The monoisotopic (exact) mass is 550 g/mol. The third-order valence-corrected chi connectivity index (χ3v) is 7.50. The number of alkyl halides is 3. The van der Waals surface area contributed by atoms with E-state index in [0.29, 0.717) is 41.0 Å². The van der Waals surface area contributed by atoms with E-state index in [4.69, 9.17) is 27.9 Å². The van der Waals surface area contributed by atoms with E-state index in [1.165, 1.54) is 6.07 Å². The van der Waals surface area contributed by atoms with E-state index in [1.54, 1.807) is 29.4 Å². The molecule has 1 saturated carbocycles. The molecular formula is C26H23Cl2F3N4O2. The van der Waals surface area contributed by atoms with Gasteiger partial charge in [-0.25, -0.2) is 15.0 Å². The summed E-state index contributed by atoms with van der Waals surface area (Å²) in [6, 6.07) is 7.57. The van der Waals surface area contributed by atoms with Crippen molar-refractivity contribution in [3.63, 3.8) is 0 Å². The molecule has 2 aromatic heterocycles. The molecule has 0 bridgehead atoms. The van der Waals surface area contributed by atoms with Crippen molar-refractivity contribution in [3.8, 4) is 5.88 Å². The van der Waals surface area contributed by atoms with E-state index in [1.807, 2.05) is 6.07 Å². The molecule has 194 valence electrons. The zero-order chi connectivity index (χ0) is 26.2. The Morgan fingerprint density at radius 3 is 2.38 bits per heavy atom. The smallest absolute Gasteiger partial charge is 0.417 e. The van der Waals surface area contributed by atoms with Crippen LogP contribution in [0.15, 0.2) is 48.9 Å². The van der Waals surface area contributed by atoms with E-state index in [9.17, 15) is 18.0 Å². The van der Waals surface area contributed by atoms with Crippen LogP contribution in [-0.4, -0.2) is 45.5 Å². The Labute approximate surface area is 221 Å². The van der Waals surface area contributed by atoms with Gasteiger partial charge in [-0.05, 0) is 48.9 Å². The first-order valence-corrected chi connectivity index (χ1v) is 12.7. The molecule has 1 amide bonds. The molecule has 6 nitrogen and oxygen atoms in total. The van der Waals surface area contributed by atoms with Gasteiger partial charge in [-0.2, -0.15) is 13.2 Å². The summed E-state index contributed by atoms with van der Waals surface area (Å²) in [7, 11) is 0. The zero-order valence-electron chi connectivity index (χ0n) is 19.6. The van der Waals surface area contributed by atoms with Crippen molar-refractivity contribution in [3.05, 3.63) is 81.5 Å². The van der Waals surface area contributed by atoms with Crippen LogP contribution < -0.4 is 4.74 Å². The number of benzene rings is 1. The van der Waals surface area contributed by atoms with Gasteiger partial charge in [0.25, 0.3) is 5.91 Å². The number of hydrogen-bond acceptors (Lipinski definition) is 5. The van der Waals surface area contributed by atoms with Gasteiger partial charge in [0.1, 0.15) is 5.82 Å². The lowest BCUT2D eigenvalue weighted by Crippen LogP contribution is -2.29. The second-order valence-electron chi connectivity index (χ2n) is 9.37. The Morgan fingerprint density at radius 1 is 1.00 bits per heavy atom. The number of likely N-dealkylation sites (tertiary alicyclic amines) is 1. The molecular weight excluding hydrogens is 528 g/mol. The highest BCUT2D eigenvalue weighted by molar-refractivity contribution is 6.42. The fourth-order valence-electron chi connectivity index (χ4n) is 4.58. The maximum absolute atomic E-state index is 13.3. The van der Waals surface area contributed by atoms with Crippen molar-refractivity contribution in [1.29, 1.82) is 0 Å². The summed E-state index contributed by atoms with van der Waals surface area (Å²) in [4.78, 5) is 27.5. The van der Waals surface area contributed by atoms with Crippen molar-refractivity contribution in [2.45, 2.75) is 37.3 Å². The summed E-state index contributed by atoms with van der Waals surface area (Å²) in [6.45, 7) is 1.16. The number of hydrogen-bond donors (Lipinski definition) is 0. The number of amides is 1. The number of rotatable bonds is 7. The molecule has 2 aliphatic rings. The fourth-order valence-corrected chi connectivity index (χ4v) is 4.89. The number of carbonyl (C=O) groups excluding carboxylic acids is 1. The van der Waals surface area contributed by atoms with Gasteiger partial charge in [0, 0.05) is 49.6 Å². The zero-order valence-corrected chi connectivity index (χ0v) is 21.1. The highest BCUT2D eigenvalue weighted by Gasteiger charge is 2.37. The first-order valence-electron chi connectivity index (χ1n) is 11.9. The second-order valence-corrected chi connectivity index (χ2v) is 10.2. The van der Waals surface area contributed by atoms with Crippen molar-refractivity contribution >= 4 is 29.1 Å². The SMILES string of the molecule is O=C(c1cnc(C2CC2)nc1)N1C[C@@H](CCOc2ccc(C(F)(F)F)cn2)[C@@H](c2ccc(Cl)c(Cl)c2)C1. The van der Waals surface area contributed by atoms with Gasteiger partial charge >= 0.3 is 6.18 Å². The Balaban J connectivity index is 1.28. The van der Waals surface area contributed by atoms with Crippen molar-refractivity contribution in [2.24, 2.45) is 5.92 Å². The number of pyridine rings is 1. The van der Waals surface area contributed by atoms with Gasteiger partial charge in [0.15, 0.2) is 0 Å². The van der Waals surface area contributed by atoms with Crippen LogP contribution in [0.3, 0.4) is 0 Å². The minimum atomic E-state index is -4.46. The number of carbonyl (C=O) groups is 1. The molecule has 37 heavy (non-hydrogen) atoms. The van der Waals surface area contributed by atoms with E-state index in [2.05, 4.69) is 15.0 Å². The molecule has 0 spiro atoms. The molecule has 5 rings (SSSR count). The molecule has 1 aliphatic heterocycles. The summed E-state index contributed by atoms with van der Waals surface area (Å²) >= 11 is 12.4. The molecule has 1 aliphatic carbocycles. The van der Waals surface area contributed by atoms with Gasteiger partial charge in [-0.3, -0.25) is 4.79 Å².